The van der Waals surface area contributed by atoms with Crippen molar-refractivity contribution in [2.75, 3.05) is 0 Å². The molecule has 0 aliphatic carbocycles. The summed E-state index contributed by atoms with van der Waals surface area (Å²) in [6.07, 6.45) is 1.42. The van der Waals surface area contributed by atoms with Crippen molar-refractivity contribution in [2.24, 2.45) is 5.73 Å². The number of sulfonamides is 1. The summed E-state index contributed by atoms with van der Waals surface area (Å²) in [5.41, 5.74) is 5.67. The highest BCUT2D eigenvalue weighted by atomic mass is 32.2. The van der Waals surface area contributed by atoms with Gasteiger partial charge in [0.2, 0.25) is 10.0 Å². The van der Waals surface area contributed by atoms with Gasteiger partial charge in [-0.25, -0.2) is 13.1 Å². The summed E-state index contributed by atoms with van der Waals surface area (Å²) in [6, 6.07) is -0.420. The van der Waals surface area contributed by atoms with Gasteiger partial charge in [0.15, 0.2) is 0 Å². The van der Waals surface area contributed by atoms with E-state index in [1.54, 1.807) is 13.8 Å². The van der Waals surface area contributed by atoms with E-state index in [1.165, 1.54) is 6.20 Å². The number of H-pyrrole nitrogens is 1. The average Bonchev–Trinajstić information content (AvgIpc) is 2.48. The lowest BCUT2D eigenvalue weighted by atomic mass is 10.2. The van der Waals surface area contributed by atoms with Gasteiger partial charge < -0.3 is 5.73 Å². The Kier molecular flexibility index (Phi) is 3.66. The maximum Gasteiger partial charge on any atom is 0.244 e. The molecule has 8 heteroatoms. The summed E-state index contributed by atoms with van der Waals surface area (Å²) in [7, 11) is -3.59. The highest BCUT2D eigenvalue weighted by Gasteiger charge is 2.21. The second-order valence-corrected chi connectivity index (χ2v) is 5.29. The standard InChI is InChI=1S/C8H15N5O2S/c1-5(3-8(9)10)13-16(14,15)7-4-11-12-6(7)2/h4-5,13H,3H2,1-2H3,(H3,9,10)(H,11,12). The third-order valence-electron chi connectivity index (χ3n) is 1.96. The zero-order chi connectivity index (χ0) is 12.3. The van der Waals surface area contributed by atoms with Crippen molar-refractivity contribution < 1.29 is 8.42 Å². The topological polar surface area (TPSA) is 125 Å². The molecule has 16 heavy (non-hydrogen) atoms. The summed E-state index contributed by atoms with van der Waals surface area (Å²) < 4.78 is 26.1. The first-order valence-electron chi connectivity index (χ1n) is 4.68. The molecular formula is C8H15N5O2S. The van der Waals surface area contributed by atoms with E-state index in [1.807, 2.05) is 0 Å². The Morgan fingerprint density at radius 1 is 1.75 bits per heavy atom. The number of aromatic nitrogens is 2. The first-order valence-corrected chi connectivity index (χ1v) is 6.16. The second kappa shape index (κ2) is 4.62. The predicted molar refractivity (Wildman–Crippen MR) is 59.6 cm³/mol. The lowest BCUT2D eigenvalue weighted by molar-refractivity contribution is 0.564. The number of hydrogen-bond donors (Lipinski definition) is 4. The van der Waals surface area contributed by atoms with Gasteiger partial charge in [-0.1, -0.05) is 0 Å². The average molecular weight is 245 g/mol. The van der Waals surface area contributed by atoms with Gasteiger partial charge >= 0.3 is 0 Å². The number of aromatic amines is 1. The van der Waals surface area contributed by atoms with Crippen LogP contribution < -0.4 is 10.5 Å². The first-order chi connectivity index (χ1) is 7.33. The van der Waals surface area contributed by atoms with Crippen LogP contribution in [0.15, 0.2) is 11.1 Å². The number of aryl methyl sites for hydroxylation is 1. The number of amidine groups is 1. The van der Waals surface area contributed by atoms with Crippen molar-refractivity contribution >= 4 is 15.9 Å². The van der Waals surface area contributed by atoms with Crippen molar-refractivity contribution in [1.82, 2.24) is 14.9 Å². The van der Waals surface area contributed by atoms with Crippen LogP contribution in [0.4, 0.5) is 0 Å². The molecule has 90 valence electrons. The lowest BCUT2D eigenvalue weighted by Crippen LogP contribution is -2.35. The number of nitrogens with one attached hydrogen (secondary N) is 3. The van der Waals surface area contributed by atoms with Crippen molar-refractivity contribution in [3.05, 3.63) is 11.9 Å². The van der Waals surface area contributed by atoms with E-state index in [2.05, 4.69) is 14.9 Å². The van der Waals surface area contributed by atoms with E-state index < -0.39 is 16.1 Å². The van der Waals surface area contributed by atoms with Gasteiger partial charge in [-0.15, -0.1) is 0 Å². The quantitative estimate of drug-likeness (QED) is 0.420. The fourth-order valence-electron chi connectivity index (χ4n) is 1.31. The molecule has 1 rings (SSSR count). The van der Waals surface area contributed by atoms with Crippen LogP contribution in [0.1, 0.15) is 19.0 Å². The molecule has 0 bridgehead atoms. The van der Waals surface area contributed by atoms with Crippen molar-refractivity contribution in [3.8, 4) is 0 Å². The molecule has 7 nitrogen and oxygen atoms in total. The van der Waals surface area contributed by atoms with E-state index >= 15 is 0 Å². The van der Waals surface area contributed by atoms with Crippen LogP contribution in [0.25, 0.3) is 0 Å². The summed E-state index contributed by atoms with van der Waals surface area (Å²) in [5, 5.41) is 13.3. The minimum atomic E-state index is -3.59. The largest absolute Gasteiger partial charge is 0.388 e. The predicted octanol–water partition coefficient (Wildman–Crippen LogP) is -0.289. The lowest BCUT2D eigenvalue weighted by Gasteiger charge is -2.12. The first kappa shape index (κ1) is 12.7. The fraction of sp³-hybridized carbons (Fsp3) is 0.500. The summed E-state index contributed by atoms with van der Waals surface area (Å²) in [6.45, 7) is 3.27. The molecule has 0 spiro atoms. The molecule has 1 aromatic heterocycles. The van der Waals surface area contributed by atoms with E-state index in [4.69, 9.17) is 11.1 Å². The number of nitrogens with two attached hydrogens (primary N) is 1. The van der Waals surface area contributed by atoms with Crippen LogP contribution in [0.3, 0.4) is 0 Å². The molecule has 1 heterocycles. The van der Waals surface area contributed by atoms with E-state index in [9.17, 15) is 8.42 Å². The Bertz CT molecular complexity index is 478. The van der Waals surface area contributed by atoms with Crippen LogP contribution in [-0.2, 0) is 10.0 Å². The van der Waals surface area contributed by atoms with E-state index in [-0.39, 0.29) is 17.2 Å². The zero-order valence-electron chi connectivity index (χ0n) is 9.11. The summed E-state index contributed by atoms with van der Waals surface area (Å²) in [5.74, 6) is -0.0564. The SMILES string of the molecule is Cc1[nH]ncc1S(=O)(=O)NC(C)CC(=N)N. The maximum absolute atomic E-state index is 11.8. The van der Waals surface area contributed by atoms with Crippen molar-refractivity contribution in [1.29, 1.82) is 5.41 Å². The normalized spacial score (nSPS) is 13.6. The Morgan fingerprint density at radius 2 is 2.38 bits per heavy atom. The Morgan fingerprint density at radius 3 is 2.81 bits per heavy atom. The molecule has 1 aromatic rings. The van der Waals surface area contributed by atoms with Crippen molar-refractivity contribution in [3.63, 3.8) is 0 Å². The van der Waals surface area contributed by atoms with Crippen LogP contribution in [0, 0.1) is 12.3 Å². The Labute approximate surface area is 94.0 Å². The minimum absolute atomic E-state index is 0.0564. The Hall–Kier alpha value is -1.41. The van der Waals surface area contributed by atoms with Gasteiger partial charge in [-0.3, -0.25) is 10.5 Å². The van der Waals surface area contributed by atoms with Gasteiger partial charge in [-0.2, -0.15) is 5.10 Å². The molecule has 0 radical (unpaired) electrons. The molecule has 0 fully saturated rings. The van der Waals surface area contributed by atoms with E-state index in [0.717, 1.165) is 0 Å². The third kappa shape index (κ3) is 3.04. The Balaban J connectivity index is 2.81. The molecule has 0 aliphatic rings. The van der Waals surface area contributed by atoms with Crippen LogP contribution in [0.5, 0.6) is 0 Å². The van der Waals surface area contributed by atoms with E-state index in [0.29, 0.717) is 5.69 Å². The van der Waals surface area contributed by atoms with Gasteiger partial charge in [0, 0.05) is 12.5 Å². The molecule has 0 aromatic carbocycles. The van der Waals surface area contributed by atoms with Gasteiger partial charge in [0.05, 0.1) is 17.7 Å². The van der Waals surface area contributed by atoms with Crippen LogP contribution in [-0.4, -0.2) is 30.5 Å². The smallest absolute Gasteiger partial charge is 0.244 e. The zero-order valence-corrected chi connectivity index (χ0v) is 9.93. The van der Waals surface area contributed by atoms with Crippen LogP contribution >= 0.6 is 0 Å². The number of rotatable bonds is 5. The summed E-state index contributed by atoms with van der Waals surface area (Å²) >= 11 is 0. The molecule has 5 N–H and O–H groups in total. The molecule has 1 atom stereocenters. The van der Waals surface area contributed by atoms with Crippen LogP contribution in [0.2, 0.25) is 0 Å². The second-order valence-electron chi connectivity index (χ2n) is 3.61. The highest BCUT2D eigenvalue weighted by Crippen LogP contribution is 2.11. The van der Waals surface area contributed by atoms with Crippen molar-refractivity contribution in [2.45, 2.75) is 31.2 Å². The number of hydrogen-bond acceptors (Lipinski definition) is 4. The number of nitrogens with zero attached hydrogens (tertiary/aromatic N) is 1. The van der Waals surface area contributed by atoms with Gasteiger partial charge in [0.25, 0.3) is 0 Å². The monoisotopic (exact) mass is 245 g/mol. The molecule has 0 aliphatic heterocycles. The molecule has 1 unspecified atom stereocenters. The summed E-state index contributed by atoms with van der Waals surface area (Å²) in [4.78, 5) is 0.114. The highest BCUT2D eigenvalue weighted by molar-refractivity contribution is 7.89. The van der Waals surface area contributed by atoms with Gasteiger partial charge in [0.1, 0.15) is 4.90 Å². The molecular weight excluding hydrogens is 230 g/mol. The maximum atomic E-state index is 11.8. The third-order valence-corrected chi connectivity index (χ3v) is 3.66. The molecule has 0 saturated carbocycles. The van der Waals surface area contributed by atoms with Gasteiger partial charge in [-0.05, 0) is 13.8 Å². The molecule has 0 saturated heterocycles. The fourth-order valence-corrected chi connectivity index (χ4v) is 2.69. The molecule has 0 amide bonds. The minimum Gasteiger partial charge on any atom is -0.388 e.